The van der Waals surface area contributed by atoms with E-state index in [0.717, 1.165) is 50.4 Å². The smallest absolute Gasteiger partial charge is 0.235 e. The van der Waals surface area contributed by atoms with Crippen LogP contribution < -0.4 is 30.7 Å². The summed E-state index contributed by atoms with van der Waals surface area (Å²) in [4.78, 5) is 34.9. The Labute approximate surface area is 323 Å². The molecule has 1 N–H and O–H groups in total. The molecule has 6 aromatic rings. The fourth-order valence-corrected chi connectivity index (χ4v) is 8.75. The van der Waals surface area contributed by atoms with Gasteiger partial charge in [-0.2, -0.15) is 9.61 Å². The number of aromatic nitrogens is 6. The molecule has 284 valence electrons. The molecule has 0 amide bonds. The van der Waals surface area contributed by atoms with Gasteiger partial charge < -0.3 is 33.9 Å². The number of ether oxygens (including phenoxy) is 1. The van der Waals surface area contributed by atoms with Crippen LogP contribution in [0.15, 0.2) is 40.2 Å². The van der Waals surface area contributed by atoms with E-state index in [2.05, 4.69) is 25.0 Å². The van der Waals surface area contributed by atoms with Gasteiger partial charge in [0, 0.05) is 76.2 Å². The molecule has 1 saturated carbocycles. The molecule has 2 saturated heterocycles. The predicted octanol–water partition coefficient (Wildman–Crippen LogP) is 4.72. The summed E-state index contributed by atoms with van der Waals surface area (Å²) in [7, 11) is 2.04. The lowest BCUT2D eigenvalue weighted by Crippen LogP contribution is -2.45. The second-order valence-corrected chi connectivity index (χ2v) is 15.3. The Bertz CT molecular complexity index is 2570. The quantitative estimate of drug-likeness (QED) is 0.263. The molecule has 1 atom stereocenters. The summed E-state index contributed by atoms with van der Waals surface area (Å²) in [5, 5.41) is 17.6. The lowest BCUT2D eigenvalue weighted by molar-refractivity contribution is 0.245. The number of nitrogens with zero attached hydrogens (tertiary/aromatic N) is 9. The second kappa shape index (κ2) is 13.7. The summed E-state index contributed by atoms with van der Waals surface area (Å²) in [6, 6.07) is 4.52. The maximum Gasteiger partial charge on any atom is 0.235 e. The van der Waals surface area contributed by atoms with Crippen LogP contribution in [0.2, 0.25) is 0 Å². The van der Waals surface area contributed by atoms with Crippen molar-refractivity contribution in [1.29, 1.82) is 0 Å². The van der Waals surface area contributed by atoms with E-state index < -0.39 is 11.6 Å². The Morgan fingerprint density at radius 1 is 0.852 bits per heavy atom. The number of benzene rings is 2. The molecule has 0 spiro atoms. The zero-order valence-corrected chi connectivity index (χ0v) is 32.0. The molecule has 4 aliphatic rings. The molecular weight excluding hydrogens is 761 g/mol. The maximum absolute atomic E-state index is 16.0. The van der Waals surface area contributed by atoms with Gasteiger partial charge in [-0.05, 0) is 45.0 Å². The minimum atomic E-state index is -0.498. The molecule has 2 aromatic carbocycles. The fraction of sp³-hybridized carbons (Fsp3) is 0.417. The van der Waals surface area contributed by atoms with E-state index in [1.807, 2.05) is 28.3 Å². The van der Waals surface area contributed by atoms with Crippen LogP contribution in [0.3, 0.4) is 0 Å². The normalized spacial score (nSPS) is 18.9. The number of rotatable bonds is 5. The molecule has 7 heterocycles. The highest BCUT2D eigenvalue weighted by molar-refractivity contribution is 7.19. The molecule has 0 radical (unpaired) electrons. The van der Waals surface area contributed by atoms with Crippen molar-refractivity contribution in [3.8, 4) is 27.7 Å². The summed E-state index contributed by atoms with van der Waals surface area (Å²) >= 11 is 1.16. The van der Waals surface area contributed by atoms with Gasteiger partial charge in [-0.25, -0.2) is 8.78 Å². The SMILES string of the molecule is CC1COc2c(N3CCN(C)CC3)c(F)cc3c(=O)c(-c4nn5c(-c6cn(C7CC7)c7cc(N8CCNCC8)c(F)cc7c6=O)nnc5s4)cn1c23.Cl.Cl. The minimum absolute atomic E-state index is 0. The summed E-state index contributed by atoms with van der Waals surface area (Å²) < 4.78 is 43.3. The highest BCUT2D eigenvalue weighted by Crippen LogP contribution is 2.43. The van der Waals surface area contributed by atoms with E-state index in [4.69, 9.17) is 9.84 Å². The van der Waals surface area contributed by atoms with Gasteiger partial charge in [0.25, 0.3) is 0 Å². The number of fused-ring (bicyclic) bond motifs is 2. The first-order valence-electron chi connectivity index (χ1n) is 17.8. The number of piperazine rings is 2. The number of pyridine rings is 2. The summed E-state index contributed by atoms with van der Waals surface area (Å²) in [6.07, 6.45) is 5.46. The fourth-order valence-electron chi connectivity index (χ4n) is 7.90. The average molecular weight is 800 g/mol. The van der Waals surface area contributed by atoms with Gasteiger partial charge in [-0.15, -0.1) is 35.0 Å². The van der Waals surface area contributed by atoms with E-state index >= 15 is 8.78 Å². The number of halogens is 4. The number of anilines is 2. The summed E-state index contributed by atoms with van der Waals surface area (Å²) in [5.41, 5.74) is 1.93. The van der Waals surface area contributed by atoms with Crippen molar-refractivity contribution in [1.82, 2.24) is 39.2 Å². The standard InChI is InChI=1S/C36H36F2N10O3S.2ClH/c1-19-18-51-33-29-22(14-26(38)30(33)45-11-9-43(2)10-12-45)32(50)24(17-46(19)29)35-42-48-34(40-41-36(48)52-35)23-16-47(20-3-4-20)27-15-28(44-7-5-39-6-8-44)25(37)13-21(27)31(23)49;;/h13-17,19-20,39H,3-12,18H2,1-2H3;2*1H. The van der Waals surface area contributed by atoms with Crippen LogP contribution in [0.4, 0.5) is 20.2 Å². The van der Waals surface area contributed by atoms with Crippen molar-refractivity contribution in [3.63, 3.8) is 0 Å². The number of hydrogen-bond acceptors (Lipinski definition) is 11. The van der Waals surface area contributed by atoms with E-state index in [1.54, 1.807) is 18.5 Å². The van der Waals surface area contributed by atoms with Crippen LogP contribution in [-0.4, -0.2) is 99.9 Å². The largest absolute Gasteiger partial charge is 0.487 e. The van der Waals surface area contributed by atoms with Crippen molar-refractivity contribution in [2.75, 3.05) is 75.8 Å². The lowest BCUT2D eigenvalue weighted by atomic mass is 10.1. The zero-order chi connectivity index (χ0) is 35.4. The van der Waals surface area contributed by atoms with Crippen LogP contribution in [0, 0.1) is 11.6 Å². The van der Waals surface area contributed by atoms with Gasteiger partial charge in [-0.3, -0.25) is 9.59 Å². The molecular formula is C36H38Cl2F2N10O3S. The van der Waals surface area contributed by atoms with Crippen LogP contribution in [0.5, 0.6) is 5.75 Å². The topological polar surface area (TPSA) is 118 Å². The number of nitrogens with one attached hydrogen (secondary N) is 1. The van der Waals surface area contributed by atoms with E-state index in [1.165, 1.54) is 16.6 Å². The highest BCUT2D eigenvalue weighted by atomic mass is 35.5. The number of hydrogen-bond donors (Lipinski definition) is 1. The molecule has 13 nitrogen and oxygen atoms in total. The Morgan fingerprint density at radius 3 is 2.30 bits per heavy atom. The molecule has 1 aliphatic carbocycles. The van der Waals surface area contributed by atoms with Crippen LogP contribution in [0.1, 0.15) is 31.8 Å². The second-order valence-electron chi connectivity index (χ2n) is 14.4. The Hall–Kier alpha value is -4.35. The van der Waals surface area contributed by atoms with Gasteiger partial charge >= 0.3 is 0 Å². The molecule has 3 fully saturated rings. The predicted molar refractivity (Wildman–Crippen MR) is 211 cm³/mol. The molecule has 3 aliphatic heterocycles. The molecule has 18 heteroatoms. The minimum Gasteiger partial charge on any atom is -0.487 e. The van der Waals surface area contributed by atoms with Crippen molar-refractivity contribution in [2.24, 2.45) is 0 Å². The first-order chi connectivity index (χ1) is 25.2. The van der Waals surface area contributed by atoms with Gasteiger partial charge in [0.05, 0.1) is 39.3 Å². The molecule has 54 heavy (non-hydrogen) atoms. The van der Waals surface area contributed by atoms with Gasteiger partial charge in [0.1, 0.15) is 18.1 Å². The third kappa shape index (κ3) is 5.72. The Morgan fingerprint density at radius 2 is 1.56 bits per heavy atom. The maximum atomic E-state index is 16.0. The van der Waals surface area contributed by atoms with Crippen molar-refractivity contribution >= 4 is 74.3 Å². The molecule has 4 aromatic heterocycles. The molecule has 10 rings (SSSR count). The van der Waals surface area contributed by atoms with Gasteiger partial charge in [0.2, 0.25) is 10.4 Å². The third-order valence-corrected chi connectivity index (χ3v) is 11.9. The third-order valence-electron chi connectivity index (χ3n) is 10.9. The number of likely N-dealkylation sites (N-methyl/N-ethyl adjacent to an activating group) is 1. The zero-order valence-electron chi connectivity index (χ0n) is 29.5. The molecule has 1 unspecified atom stereocenters. The van der Waals surface area contributed by atoms with Crippen LogP contribution in [0.25, 0.3) is 48.7 Å². The van der Waals surface area contributed by atoms with Crippen LogP contribution >= 0.6 is 36.2 Å². The highest BCUT2D eigenvalue weighted by Gasteiger charge is 2.32. The van der Waals surface area contributed by atoms with Crippen molar-refractivity contribution in [2.45, 2.75) is 31.8 Å². The first-order valence-corrected chi connectivity index (χ1v) is 18.6. The van der Waals surface area contributed by atoms with Gasteiger partial charge in [0.15, 0.2) is 27.8 Å². The summed E-state index contributed by atoms with van der Waals surface area (Å²) in [6.45, 7) is 8.09. The average Bonchev–Trinajstić information content (AvgIpc) is 3.79. The first kappa shape index (κ1) is 36.6. The van der Waals surface area contributed by atoms with Crippen LogP contribution in [-0.2, 0) is 0 Å². The monoisotopic (exact) mass is 798 g/mol. The van der Waals surface area contributed by atoms with E-state index in [-0.39, 0.29) is 75.5 Å². The Kier molecular flexibility index (Phi) is 9.32. The van der Waals surface area contributed by atoms with Gasteiger partial charge in [-0.1, -0.05) is 11.3 Å². The van der Waals surface area contributed by atoms with Crippen molar-refractivity contribution < 1.29 is 13.5 Å². The van der Waals surface area contributed by atoms with E-state index in [9.17, 15) is 9.59 Å². The Balaban J connectivity index is 0.00000207. The van der Waals surface area contributed by atoms with E-state index in [0.29, 0.717) is 70.9 Å². The molecule has 0 bridgehead atoms. The lowest BCUT2D eigenvalue weighted by Gasteiger charge is -2.37. The van der Waals surface area contributed by atoms with Crippen molar-refractivity contribution in [3.05, 3.63) is 62.7 Å². The summed E-state index contributed by atoms with van der Waals surface area (Å²) in [5.74, 6) is -0.340.